The average molecular weight is 472 g/mol. The summed E-state index contributed by atoms with van der Waals surface area (Å²) in [4.78, 5) is 38.3. The van der Waals surface area contributed by atoms with E-state index in [-0.39, 0.29) is 40.8 Å². The normalized spacial score (nSPS) is 15.8. The average Bonchev–Trinajstić information content (AvgIpc) is 2.84. The molecule has 0 aliphatic carbocycles. The van der Waals surface area contributed by atoms with Crippen LogP contribution in [-0.4, -0.2) is 55.1 Å². The molecule has 1 aliphatic rings. The van der Waals surface area contributed by atoms with E-state index in [0.29, 0.717) is 18.7 Å². The molecule has 1 heterocycles. The van der Waals surface area contributed by atoms with Crippen molar-refractivity contribution in [3.05, 3.63) is 65.0 Å². The van der Waals surface area contributed by atoms with Gasteiger partial charge in [-0.05, 0) is 56.4 Å². The first-order valence-corrected chi connectivity index (χ1v) is 11.5. The topological polar surface area (TPSA) is 81.7 Å². The van der Waals surface area contributed by atoms with Gasteiger partial charge in [0, 0.05) is 0 Å². The van der Waals surface area contributed by atoms with Crippen molar-refractivity contribution < 1.29 is 32.7 Å². The predicted octanol–water partition coefficient (Wildman–Crippen LogP) is 3.99. The minimum atomic E-state index is -0.739. The van der Waals surface area contributed by atoms with E-state index in [0.717, 1.165) is 30.9 Å². The Morgan fingerprint density at radius 1 is 1.09 bits per heavy atom. The number of methoxy groups -OCH3 is 1. The Balaban J connectivity index is 1.77. The summed E-state index contributed by atoms with van der Waals surface area (Å²) < 4.78 is 24.5. The van der Waals surface area contributed by atoms with Gasteiger partial charge in [0.15, 0.2) is 12.6 Å². The highest BCUT2D eigenvalue weighted by Crippen LogP contribution is 2.27. The summed E-state index contributed by atoms with van der Waals surface area (Å²) in [5, 5.41) is 2.80. The molecule has 1 amide bonds. The van der Waals surface area contributed by atoms with Gasteiger partial charge in [0.2, 0.25) is 0 Å². The summed E-state index contributed by atoms with van der Waals surface area (Å²) in [6.45, 7) is 4.98. The van der Waals surface area contributed by atoms with Crippen LogP contribution in [0.2, 0.25) is 0 Å². The van der Waals surface area contributed by atoms with Crippen LogP contribution in [0.5, 0.6) is 0 Å². The zero-order valence-electron chi connectivity index (χ0n) is 19.9. The van der Waals surface area contributed by atoms with Gasteiger partial charge in [-0.25, -0.2) is 14.0 Å². The van der Waals surface area contributed by atoms with Crippen LogP contribution < -0.4 is 5.32 Å². The fourth-order valence-electron chi connectivity index (χ4n) is 4.52. The number of anilines is 1. The van der Waals surface area contributed by atoms with Gasteiger partial charge in [-0.1, -0.05) is 30.3 Å². The van der Waals surface area contributed by atoms with Crippen molar-refractivity contribution in [2.75, 3.05) is 32.1 Å². The van der Waals surface area contributed by atoms with Crippen molar-refractivity contribution in [3.8, 4) is 0 Å². The third-order valence-electron chi connectivity index (χ3n) is 6.55. The van der Waals surface area contributed by atoms with Gasteiger partial charge < -0.3 is 19.3 Å². The van der Waals surface area contributed by atoms with E-state index >= 15 is 0 Å². The van der Waals surface area contributed by atoms with Crippen LogP contribution in [0.1, 0.15) is 47.7 Å². The number of carbonyl (C=O) groups is 3. The molecule has 2 aromatic rings. The van der Waals surface area contributed by atoms with Gasteiger partial charge in [-0.3, -0.25) is 4.79 Å². The molecule has 0 aromatic heterocycles. The molecule has 0 bridgehead atoms. The van der Waals surface area contributed by atoms with Gasteiger partial charge in [-0.15, -0.1) is 0 Å². The molecule has 34 heavy (non-hydrogen) atoms. The molecule has 8 heteroatoms. The van der Waals surface area contributed by atoms with Crippen molar-refractivity contribution in [1.82, 2.24) is 0 Å². The van der Waals surface area contributed by atoms with E-state index in [4.69, 9.17) is 9.47 Å². The molecular weight excluding hydrogens is 439 g/mol. The molecule has 0 radical (unpaired) electrons. The third-order valence-corrected chi connectivity index (χ3v) is 6.55. The van der Waals surface area contributed by atoms with Crippen LogP contribution in [0.3, 0.4) is 0 Å². The number of halogens is 1. The van der Waals surface area contributed by atoms with Gasteiger partial charge >= 0.3 is 11.9 Å². The monoisotopic (exact) mass is 471 g/mol. The Morgan fingerprint density at radius 3 is 2.41 bits per heavy atom. The predicted molar refractivity (Wildman–Crippen MR) is 126 cm³/mol. The third kappa shape index (κ3) is 5.99. The quantitative estimate of drug-likeness (QED) is 0.465. The summed E-state index contributed by atoms with van der Waals surface area (Å²) in [6, 6.07) is 11.2. The number of amides is 1. The molecule has 1 unspecified atom stereocenters. The van der Waals surface area contributed by atoms with Crippen molar-refractivity contribution >= 4 is 23.5 Å². The van der Waals surface area contributed by atoms with Gasteiger partial charge in [0.25, 0.3) is 5.91 Å². The highest BCUT2D eigenvalue weighted by atomic mass is 19.1. The molecule has 0 spiro atoms. The van der Waals surface area contributed by atoms with E-state index in [2.05, 4.69) is 5.32 Å². The van der Waals surface area contributed by atoms with E-state index < -0.39 is 17.8 Å². The summed E-state index contributed by atoms with van der Waals surface area (Å²) in [6.07, 6.45) is 2.83. The van der Waals surface area contributed by atoms with Gasteiger partial charge in [-0.2, -0.15) is 0 Å². The Bertz CT molecular complexity index is 1030. The van der Waals surface area contributed by atoms with E-state index in [1.807, 2.05) is 30.3 Å². The lowest BCUT2D eigenvalue weighted by Gasteiger charge is -2.44. The zero-order chi connectivity index (χ0) is 24.7. The van der Waals surface area contributed by atoms with Crippen molar-refractivity contribution in [2.45, 2.75) is 45.8 Å². The number of piperidine rings is 1. The zero-order valence-corrected chi connectivity index (χ0v) is 19.9. The first kappa shape index (κ1) is 25.4. The fraction of sp³-hybridized carbons (Fsp3) is 0.423. The van der Waals surface area contributed by atoms with Crippen LogP contribution >= 0.6 is 0 Å². The van der Waals surface area contributed by atoms with Gasteiger partial charge in [0.1, 0.15) is 12.4 Å². The lowest BCUT2D eigenvalue weighted by atomic mass is 10.0. The second-order valence-electron chi connectivity index (χ2n) is 8.83. The minimum absolute atomic E-state index is 0.0481. The van der Waals surface area contributed by atoms with Crippen LogP contribution in [0.25, 0.3) is 0 Å². The second-order valence-corrected chi connectivity index (χ2v) is 8.83. The van der Waals surface area contributed by atoms with E-state index in [1.54, 1.807) is 13.8 Å². The van der Waals surface area contributed by atoms with Crippen LogP contribution in [-0.2, 0) is 25.7 Å². The Hall–Kier alpha value is -3.26. The molecule has 2 aromatic carbocycles. The Morgan fingerprint density at radius 2 is 1.76 bits per heavy atom. The number of nitrogens with zero attached hydrogens (tertiary/aromatic N) is 1. The minimum Gasteiger partial charge on any atom is -0.465 e. The van der Waals surface area contributed by atoms with Gasteiger partial charge in [0.05, 0.1) is 31.5 Å². The molecule has 182 valence electrons. The summed E-state index contributed by atoms with van der Waals surface area (Å²) in [5.41, 5.74) is 1.47. The first-order chi connectivity index (χ1) is 16.3. The highest BCUT2D eigenvalue weighted by Gasteiger charge is 2.42. The number of hydrogen-bond donors (Lipinski definition) is 1. The molecule has 0 saturated carbocycles. The lowest BCUT2D eigenvalue weighted by Crippen LogP contribution is -2.63. The Kier molecular flexibility index (Phi) is 8.39. The summed E-state index contributed by atoms with van der Waals surface area (Å²) in [5.74, 6) is -2.04. The molecule has 1 saturated heterocycles. The lowest BCUT2D eigenvalue weighted by molar-refractivity contribution is -0.938. The molecule has 7 nitrogen and oxygen atoms in total. The molecular formula is C26H32FN2O5+. The molecule has 1 N–H and O–H groups in total. The molecule has 1 fully saturated rings. The first-order valence-electron chi connectivity index (χ1n) is 11.5. The Labute approximate surface area is 199 Å². The number of quaternary nitrogens is 1. The second kappa shape index (κ2) is 11.2. The number of likely N-dealkylation sites (tertiary alicyclic amines) is 1. The maximum atomic E-state index is 13.9. The standard InChI is InChI=1S/C26H31FN2O5/c1-18-14-21(27)15-22(26(32)33-3)24(18)28-25(31)19(2)29(12-8-5-9-13-29)16-23(30)34-17-20-10-6-4-7-11-20/h4,6-7,10-11,14-15,19H,5,8-9,12-13,16-17H2,1-3H3/p+1. The van der Waals surface area contributed by atoms with E-state index in [1.165, 1.54) is 13.2 Å². The summed E-state index contributed by atoms with van der Waals surface area (Å²) in [7, 11) is 1.20. The van der Waals surface area contributed by atoms with Crippen LogP contribution in [0, 0.1) is 12.7 Å². The number of carbonyl (C=O) groups excluding carboxylic acids is 3. The van der Waals surface area contributed by atoms with Crippen LogP contribution in [0.15, 0.2) is 42.5 Å². The smallest absolute Gasteiger partial charge is 0.362 e. The molecule has 1 atom stereocenters. The largest absolute Gasteiger partial charge is 0.465 e. The number of ether oxygens (including phenoxy) is 2. The molecule has 1 aliphatic heterocycles. The van der Waals surface area contributed by atoms with Crippen molar-refractivity contribution in [3.63, 3.8) is 0 Å². The van der Waals surface area contributed by atoms with Crippen molar-refractivity contribution in [2.24, 2.45) is 0 Å². The summed E-state index contributed by atoms with van der Waals surface area (Å²) >= 11 is 0. The van der Waals surface area contributed by atoms with Crippen LogP contribution in [0.4, 0.5) is 10.1 Å². The van der Waals surface area contributed by atoms with Crippen molar-refractivity contribution in [1.29, 1.82) is 0 Å². The maximum Gasteiger partial charge on any atom is 0.362 e. The number of rotatable bonds is 8. The number of esters is 2. The SMILES string of the molecule is COC(=O)c1cc(F)cc(C)c1NC(=O)C(C)[N+]1(CC(=O)OCc2ccccc2)CCCCC1. The highest BCUT2D eigenvalue weighted by molar-refractivity contribution is 6.03. The fourth-order valence-corrected chi connectivity index (χ4v) is 4.52. The maximum absolute atomic E-state index is 13.9. The molecule has 3 rings (SSSR count). The van der Waals surface area contributed by atoms with E-state index in [9.17, 15) is 18.8 Å². The number of hydrogen-bond acceptors (Lipinski definition) is 5. The number of nitrogens with one attached hydrogen (secondary N) is 1. The number of benzene rings is 2. The number of aryl methyl sites for hydroxylation is 1.